The summed E-state index contributed by atoms with van der Waals surface area (Å²) in [5.41, 5.74) is 2.28. The predicted molar refractivity (Wildman–Crippen MR) is 65.3 cm³/mol. The third kappa shape index (κ3) is 3.61. The van der Waals surface area contributed by atoms with E-state index in [1.807, 2.05) is 11.6 Å². The first-order valence-corrected chi connectivity index (χ1v) is 6.08. The summed E-state index contributed by atoms with van der Waals surface area (Å²) < 4.78 is 2.02. The maximum absolute atomic E-state index is 8.91. The number of aromatic nitrogens is 2. The van der Waals surface area contributed by atoms with Gasteiger partial charge in [-0.15, -0.1) is 0 Å². The molecule has 0 spiro atoms. The molecule has 4 heteroatoms. The molecule has 1 unspecified atom stereocenters. The Morgan fingerprint density at radius 1 is 1.50 bits per heavy atom. The van der Waals surface area contributed by atoms with Gasteiger partial charge in [-0.05, 0) is 32.8 Å². The van der Waals surface area contributed by atoms with E-state index in [2.05, 4.69) is 30.3 Å². The topological polar surface area (TPSA) is 50.1 Å². The summed E-state index contributed by atoms with van der Waals surface area (Å²) in [4.78, 5) is 0. The molecule has 92 valence electrons. The van der Waals surface area contributed by atoms with Crippen LogP contribution in [0.2, 0.25) is 0 Å². The van der Waals surface area contributed by atoms with Crippen LogP contribution in [0, 0.1) is 6.92 Å². The summed E-state index contributed by atoms with van der Waals surface area (Å²) in [6.07, 6.45) is 1.86. The summed E-state index contributed by atoms with van der Waals surface area (Å²) in [7, 11) is 0. The van der Waals surface area contributed by atoms with Gasteiger partial charge in [-0.3, -0.25) is 4.68 Å². The number of aryl methyl sites for hydroxylation is 2. The highest BCUT2D eigenvalue weighted by molar-refractivity contribution is 5.08. The Balaban J connectivity index is 2.52. The molecule has 0 aliphatic heterocycles. The van der Waals surface area contributed by atoms with Crippen molar-refractivity contribution in [1.29, 1.82) is 0 Å². The van der Waals surface area contributed by atoms with E-state index in [0.29, 0.717) is 6.04 Å². The van der Waals surface area contributed by atoms with Gasteiger partial charge >= 0.3 is 0 Å². The highest BCUT2D eigenvalue weighted by Gasteiger charge is 2.08. The van der Waals surface area contributed by atoms with E-state index in [1.54, 1.807) is 0 Å². The molecule has 0 radical (unpaired) electrons. The van der Waals surface area contributed by atoms with Crippen LogP contribution in [0.3, 0.4) is 0 Å². The third-order valence-corrected chi connectivity index (χ3v) is 2.83. The van der Waals surface area contributed by atoms with Crippen molar-refractivity contribution in [3.05, 3.63) is 17.5 Å². The maximum Gasteiger partial charge on any atom is 0.0597 e. The third-order valence-electron chi connectivity index (χ3n) is 2.83. The van der Waals surface area contributed by atoms with Crippen LogP contribution >= 0.6 is 0 Å². The molecule has 0 saturated carbocycles. The minimum atomic E-state index is 0.248. The number of aliphatic hydroxyl groups is 1. The Kier molecular flexibility index (Phi) is 5.49. The Hall–Kier alpha value is -0.870. The summed E-state index contributed by atoms with van der Waals surface area (Å²) in [5.74, 6) is 0. The lowest BCUT2D eigenvalue weighted by Gasteiger charge is -2.15. The first-order valence-electron chi connectivity index (χ1n) is 6.08. The lowest BCUT2D eigenvalue weighted by Crippen LogP contribution is -2.29. The van der Waals surface area contributed by atoms with Crippen molar-refractivity contribution < 1.29 is 5.11 Å². The Morgan fingerprint density at radius 3 is 2.81 bits per heavy atom. The van der Waals surface area contributed by atoms with Gasteiger partial charge < -0.3 is 10.4 Å². The largest absolute Gasteiger partial charge is 0.396 e. The molecule has 0 amide bonds. The molecule has 4 nitrogen and oxygen atoms in total. The van der Waals surface area contributed by atoms with Gasteiger partial charge in [-0.2, -0.15) is 5.10 Å². The SMILES string of the molecule is CCC(CCO)NCc1cc(C)nn1CC. The zero-order chi connectivity index (χ0) is 12.0. The van der Waals surface area contributed by atoms with Crippen molar-refractivity contribution >= 4 is 0 Å². The molecule has 0 fully saturated rings. The van der Waals surface area contributed by atoms with Crippen molar-refractivity contribution in [2.75, 3.05) is 6.61 Å². The van der Waals surface area contributed by atoms with Crippen molar-refractivity contribution in [3.8, 4) is 0 Å². The molecule has 1 aromatic heterocycles. The van der Waals surface area contributed by atoms with Crippen LogP contribution in [0.1, 0.15) is 38.1 Å². The molecule has 0 saturated heterocycles. The molecule has 0 aliphatic rings. The van der Waals surface area contributed by atoms with E-state index in [4.69, 9.17) is 5.11 Å². The van der Waals surface area contributed by atoms with Crippen LogP contribution in [0.15, 0.2) is 6.07 Å². The highest BCUT2D eigenvalue weighted by atomic mass is 16.3. The van der Waals surface area contributed by atoms with E-state index < -0.39 is 0 Å². The van der Waals surface area contributed by atoms with Crippen molar-refractivity contribution in [1.82, 2.24) is 15.1 Å². The minimum Gasteiger partial charge on any atom is -0.396 e. The average molecular weight is 225 g/mol. The molecule has 1 aromatic rings. The second-order valence-corrected chi connectivity index (χ2v) is 4.09. The molecule has 1 rings (SSSR count). The number of hydrogen-bond donors (Lipinski definition) is 2. The standard InChI is InChI=1S/C12H23N3O/c1-4-11(6-7-16)13-9-12-8-10(3)14-15(12)5-2/h8,11,13,16H,4-7,9H2,1-3H3. The highest BCUT2D eigenvalue weighted by Crippen LogP contribution is 2.05. The summed E-state index contributed by atoms with van der Waals surface area (Å²) in [5, 5.41) is 16.8. The monoisotopic (exact) mass is 225 g/mol. The van der Waals surface area contributed by atoms with Crippen LogP contribution in [0.5, 0.6) is 0 Å². The van der Waals surface area contributed by atoms with Crippen LogP contribution in [-0.2, 0) is 13.1 Å². The Labute approximate surface area is 97.7 Å². The lowest BCUT2D eigenvalue weighted by molar-refractivity contribution is 0.261. The molecule has 0 bridgehead atoms. The van der Waals surface area contributed by atoms with Gasteiger partial charge in [-0.25, -0.2) is 0 Å². The van der Waals surface area contributed by atoms with Gasteiger partial charge in [0.1, 0.15) is 0 Å². The van der Waals surface area contributed by atoms with Crippen LogP contribution < -0.4 is 5.32 Å². The van der Waals surface area contributed by atoms with E-state index in [9.17, 15) is 0 Å². The fraction of sp³-hybridized carbons (Fsp3) is 0.750. The number of hydrogen-bond acceptors (Lipinski definition) is 3. The summed E-state index contributed by atoms with van der Waals surface area (Å²) in [6.45, 7) is 8.23. The van der Waals surface area contributed by atoms with Gasteiger partial charge in [-0.1, -0.05) is 6.92 Å². The molecule has 2 N–H and O–H groups in total. The number of aliphatic hydroxyl groups excluding tert-OH is 1. The zero-order valence-electron chi connectivity index (χ0n) is 10.5. The predicted octanol–water partition coefficient (Wildman–Crippen LogP) is 1.46. The lowest BCUT2D eigenvalue weighted by atomic mass is 10.1. The fourth-order valence-electron chi connectivity index (χ4n) is 1.87. The normalized spacial score (nSPS) is 13.0. The van der Waals surface area contributed by atoms with E-state index in [-0.39, 0.29) is 6.61 Å². The van der Waals surface area contributed by atoms with Gasteiger partial charge in [0.25, 0.3) is 0 Å². The summed E-state index contributed by atoms with van der Waals surface area (Å²) in [6, 6.07) is 2.51. The van der Waals surface area contributed by atoms with Crippen LogP contribution in [0.25, 0.3) is 0 Å². The number of nitrogens with zero attached hydrogens (tertiary/aromatic N) is 2. The van der Waals surface area contributed by atoms with Crippen molar-refractivity contribution in [2.24, 2.45) is 0 Å². The van der Waals surface area contributed by atoms with E-state index in [0.717, 1.165) is 31.6 Å². The molecular formula is C12H23N3O. The fourth-order valence-corrected chi connectivity index (χ4v) is 1.87. The zero-order valence-corrected chi connectivity index (χ0v) is 10.5. The van der Waals surface area contributed by atoms with Crippen LogP contribution in [0.4, 0.5) is 0 Å². The Bertz CT molecular complexity index is 309. The van der Waals surface area contributed by atoms with Gasteiger partial charge in [0.15, 0.2) is 0 Å². The van der Waals surface area contributed by atoms with E-state index in [1.165, 1.54) is 5.69 Å². The van der Waals surface area contributed by atoms with E-state index >= 15 is 0 Å². The first-order chi connectivity index (χ1) is 7.71. The quantitative estimate of drug-likeness (QED) is 0.738. The molecule has 0 aliphatic carbocycles. The maximum atomic E-state index is 8.91. The molecular weight excluding hydrogens is 202 g/mol. The second kappa shape index (κ2) is 6.66. The smallest absolute Gasteiger partial charge is 0.0597 e. The number of rotatable bonds is 7. The summed E-state index contributed by atoms with van der Waals surface area (Å²) >= 11 is 0. The van der Waals surface area contributed by atoms with Crippen LogP contribution in [-0.4, -0.2) is 27.5 Å². The van der Waals surface area contributed by atoms with Crippen molar-refractivity contribution in [2.45, 2.75) is 52.7 Å². The Morgan fingerprint density at radius 2 is 2.25 bits per heavy atom. The molecule has 1 heterocycles. The van der Waals surface area contributed by atoms with Gasteiger partial charge in [0.2, 0.25) is 0 Å². The molecule has 1 atom stereocenters. The van der Waals surface area contributed by atoms with Gasteiger partial charge in [0, 0.05) is 25.7 Å². The molecule has 0 aromatic carbocycles. The minimum absolute atomic E-state index is 0.248. The first kappa shape index (κ1) is 13.2. The average Bonchev–Trinajstić information content (AvgIpc) is 2.65. The van der Waals surface area contributed by atoms with Crippen molar-refractivity contribution in [3.63, 3.8) is 0 Å². The molecule has 16 heavy (non-hydrogen) atoms. The second-order valence-electron chi connectivity index (χ2n) is 4.09. The van der Waals surface area contributed by atoms with Gasteiger partial charge in [0.05, 0.1) is 11.4 Å². The number of nitrogens with one attached hydrogen (secondary N) is 1.